The van der Waals surface area contributed by atoms with Crippen molar-refractivity contribution in [2.24, 2.45) is 0 Å². The number of benzene rings is 2. The van der Waals surface area contributed by atoms with Gasteiger partial charge in [0.1, 0.15) is 6.04 Å². The third-order valence-electron chi connectivity index (χ3n) is 5.13. The monoisotopic (exact) mass is 485 g/mol. The smallest absolute Gasteiger partial charge is 0.410 e. The molecule has 0 bridgehead atoms. The van der Waals surface area contributed by atoms with E-state index in [0.717, 1.165) is 16.5 Å². The van der Waals surface area contributed by atoms with Gasteiger partial charge in [0.05, 0.1) is 12.5 Å². The van der Waals surface area contributed by atoms with Crippen molar-refractivity contribution in [3.05, 3.63) is 58.1 Å². The van der Waals surface area contributed by atoms with E-state index in [-0.39, 0.29) is 19.1 Å². The van der Waals surface area contributed by atoms with E-state index in [1.54, 1.807) is 23.1 Å². The molecule has 1 saturated heterocycles. The van der Waals surface area contributed by atoms with Gasteiger partial charge in [-0.25, -0.2) is 4.79 Å². The zero-order valence-corrected chi connectivity index (χ0v) is 18.1. The lowest BCUT2D eigenvalue weighted by atomic mass is 10.1. The Labute approximate surface area is 187 Å². The minimum absolute atomic E-state index is 0.110. The molecule has 1 N–H and O–H groups in total. The third kappa shape index (κ3) is 4.91. The molecule has 2 aliphatic heterocycles. The van der Waals surface area contributed by atoms with Crippen LogP contribution < -0.4 is 14.8 Å². The number of nitriles is 1. The highest BCUT2D eigenvalue weighted by atomic mass is 79.9. The predicted octanol–water partition coefficient (Wildman–Crippen LogP) is 3.66. The van der Waals surface area contributed by atoms with Crippen LogP contribution in [0.15, 0.2) is 46.9 Å². The van der Waals surface area contributed by atoms with E-state index in [1.165, 1.54) is 0 Å². The molecule has 2 aliphatic rings. The molecule has 0 aliphatic carbocycles. The molecule has 2 amide bonds. The van der Waals surface area contributed by atoms with Crippen LogP contribution in [0.3, 0.4) is 0 Å². The highest BCUT2D eigenvalue weighted by Crippen LogP contribution is 2.34. The number of halogens is 1. The van der Waals surface area contributed by atoms with Crippen LogP contribution in [-0.2, 0) is 16.0 Å². The molecule has 0 saturated carbocycles. The summed E-state index contributed by atoms with van der Waals surface area (Å²) in [5, 5.41) is 12.1. The van der Waals surface area contributed by atoms with Gasteiger partial charge in [0.15, 0.2) is 17.7 Å². The number of hydrogen-bond donors (Lipinski definition) is 1. The number of carbonyl (C=O) groups is 2. The molecule has 0 spiro atoms. The van der Waals surface area contributed by atoms with Gasteiger partial charge in [-0.15, -0.1) is 0 Å². The number of ether oxygens (including phenoxy) is 3. The van der Waals surface area contributed by atoms with Crippen molar-refractivity contribution in [2.45, 2.75) is 31.5 Å². The number of alkyl carbamates (subject to hydrolysis) is 1. The first-order valence-electron chi connectivity index (χ1n) is 9.84. The molecule has 0 radical (unpaired) electrons. The fourth-order valence-electron chi connectivity index (χ4n) is 3.63. The minimum Gasteiger partial charge on any atom is -0.454 e. The number of hydrogen-bond acceptors (Lipinski definition) is 6. The maximum atomic E-state index is 12.7. The van der Waals surface area contributed by atoms with Crippen molar-refractivity contribution in [1.29, 1.82) is 5.26 Å². The van der Waals surface area contributed by atoms with Crippen molar-refractivity contribution in [3.8, 4) is 17.6 Å². The summed E-state index contributed by atoms with van der Waals surface area (Å²) in [5.41, 5.74) is 1.43. The summed E-state index contributed by atoms with van der Waals surface area (Å²) in [6.45, 7) is 0.644. The number of likely N-dealkylation sites (tertiary alicyclic amines) is 1. The molecule has 1 fully saturated rings. The van der Waals surface area contributed by atoms with Gasteiger partial charge in [0, 0.05) is 17.4 Å². The zero-order chi connectivity index (χ0) is 21.8. The molecular weight excluding hydrogens is 466 g/mol. The molecule has 31 heavy (non-hydrogen) atoms. The van der Waals surface area contributed by atoms with Crippen molar-refractivity contribution in [2.75, 3.05) is 13.3 Å². The lowest BCUT2D eigenvalue weighted by Gasteiger charge is -2.25. The van der Waals surface area contributed by atoms with Crippen LogP contribution in [0, 0.1) is 11.3 Å². The van der Waals surface area contributed by atoms with Crippen LogP contribution in [0.2, 0.25) is 0 Å². The van der Waals surface area contributed by atoms with Crippen molar-refractivity contribution in [3.63, 3.8) is 0 Å². The van der Waals surface area contributed by atoms with Crippen molar-refractivity contribution >= 4 is 27.9 Å². The molecule has 2 heterocycles. The molecule has 2 aromatic carbocycles. The number of amides is 2. The third-order valence-corrected chi connectivity index (χ3v) is 5.62. The van der Waals surface area contributed by atoms with Gasteiger partial charge in [-0.3, -0.25) is 4.79 Å². The average molecular weight is 486 g/mol. The van der Waals surface area contributed by atoms with Gasteiger partial charge in [0.25, 0.3) is 0 Å². The van der Waals surface area contributed by atoms with Crippen LogP contribution in [0.25, 0.3) is 0 Å². The van der Waals surface area contributed by atoms with Crippen LogP contribution in [-0.4, -0.2) is 36.5 Å². The summed E-state index contributed by atoms with van der Waals surface area (Å²) in [6, 6.07) is 13.7. The Morgan fingerprint density at radius 2 is 2.10 bits per heavy atom. The van der Waals surface area contributed by atoms with E-state index in [2.05, 4.69) is 21.2 Å². The van der Waals surface area contributed by atoms with Crippen LogP contribution in [0.4, 0.5) is 4.79 Å². The van der Waals surface area contributed by atoms with E-state index in [9.17, 15) is 14.9 Å². The van der Waals surface area contributed by atoms with Gasteiger partial charge in [-0.2, -0.15) is 5.26 Å². The zero-order valence-electron chi connectivity index (χ0n) is 16.5. The lowest BCUT2D eigenvalue weighted by molar-refractivity contribution is -0.137. The maximum absolute atomic E-state index is 12.7. The normalized spacial score (nSPS) is 17.7. The Balaban J connectivity index is 1.36. The number of rotatable bonds is 5. The first kappa shape index (κ1) is 21.0. The maximum Gasteiger partial charge on any atom is 0.410 e. The van der Waals surface area contributed by atoms with E-state index >= 15 is 0 Å². The summed E-state index contributed by atoms with van der Waals surface area (Å²) in [7, 11) is 0. The van der Waals surface area contributed by atoms with Crippen molar-refractivity contribution < 1.29 is 23.8 Å². The summed E-state index contributed by atoms with van der Waals surface area (Å²) < 4.78 is 17.0. The SMILES string of the molecule is N#CC(NC(=O)O[C@H]1CCCN1C(=O)Cc1cccc(Br)c1)c1ccc2c(c1)OCO2. The lowest BCUT2D eigenvalue weighted by Crippen LogP contribution is -2.41. The Morgan fingerprint density at radius 1 is 1.26 bits per heavy atom. The topological polar surface area (TPSA) is 101 Å². The average Bonchev–Trinajstić information content (AvgIpc) is 3.40. The van der Waals surface area contributed by atoms with E-state index in [0.29, 0.717) is 30.0 Å². The number of fused-ring (bicyclic) bond motifs is 1. The summed E-state index contributed by atoms with van der Waals surface area (Å²) in [4.78, 5) is 26.8. The number of nitrogens with one attached hydrogen (secondary N) is 1. The molecule has 8 nitrogen and oxygen atoms in total. The number of carbonyl (C=O) groups excluding carboxylic acids is 2. The fourth-order valence-corrected chi connectivity index (χ4v) is 4.07. The van der Waals surface area contributed by atoms with Crippen LogP contribution in [0.1, 0.15) is 30.0 Å². The molecular formula is C22H20BrN3O5. The highest BCUT2D eigenvalue weighted by Gasteiger charge is 2.32. The second kappa shape index (κ2) is 9.27. The Bertz CT molecular complexity index is 1040. The van der Waals surface area contributed by atoms with E-state index in [4.69, 9.17) is 14.2 Å². The van der Waals surface area contributed by atoms with E-state index in [1.807, 2.05) is 30.3 Å². The van der Waals surface area contributed by atoms with E-state index < -0.39 is 18.4 Å². The van der Waals surface area contributed by atoms with Gasteiger partial charge < -0.3 is 24.4 Å². The van der Waals surface area contributed by atoms with Gasteiger partial charge in [-0.05, 0) is 41.8 Å². The largest absolute Gasteiger partial charge is 0.454 e. The molecule has 1 unspecified atom stereocenters. The van der Waals surface area contributed by atoms with Gasteiger partial charge >= 0.3 is 6.09 Å². The summed E-state index contributed by atoms with van der Waals surface area (Å²) in [6.07, 6.45) is 0.108. The second-order valence-corrected chi connectivity index (χ2v) is 8.13. The second-order valence-electron chi connectivity index (χ2n) is 7.22. The predicted molar refractivity (Wildman–Crippen MR) is 113 cm³/mol. The molecule has 160 valence electrons. The molecule has 2 aromatic rings. The molecule has 2 atom stereocenters. The highest BCUT2D eigenvalue weighted by molar-refractivity contribution is 9.10. The molecule has 9 heteroatoms. The van der Waals surface area contributed by atoms with Crippen LogP contribution in [0.5, 0.6) is 11.5 Å². The summed E-state index contributed by atoms with van der Waals surface area (Å²) in [5.74, 6) is 1.00. The van der Waals surface area contributed by atoms with Gasteiger partial charge in [0.2, 0.25) is 12.7 Å². The van der Waals surface area contributed by atoms with Crippen molar-refractivity contribution in [1.82, 2.24) is 10.2 Å². The number of nitrogens with zero attached hydrogens (tertiary/aromatic N) is 2. The Kier molecular flexibility index (Phi) is 6.28. The fraction of sp³-hybridized carbons (Fsp3) is 0.318. The standard InChI is InChI=1S/C22H20BrN3O5/c23-16-4-1-3-14(9-16)10-20(27)26-8-2-5-21(26)31-22(28)25-17(12-24)15-6-7-18-19(11-15)30-13-29-18/h1,3-4,6-7,9,11,17,21H,2,5,8,10,13H2,(H,25,28)/t17?,21-/m0/s1. The quantitative estimate of drug-likeness (QED) is 0.693. The Hall–Kier alpha value is -3.25. The first-order chi connectivity index (χ1) is 15.0. The first-order valence-corrected chi connectivity index (χ1v) is 10.6. The Morgan fingerprint density at radius 3 is 2.90 bits per heavy atom. The minimum atomic E-state index is -0.922. The van der Waals surface area contributed by atoms with Gasteiger partial charge in [-0.1, -0.05) is 34.1 Å². The van der Waals surface area contributed by atoms with Crippen LogP contribution >= 0.6 is 15.9 Å². The molecule has 4 rings (SSSR count). The molecule has 0 aromatic heterocycles. The summed E-state index contributed by atoms with van der Waals surface area (Å²) >= 11 is 3.40.